The van der Waals surface area contributed by atoms with Gasteiger partial charge in [-0.25, -0.2) is 0 Å². The first-order valence-electron chi connectivity index (χ1n) is 6.20. The van der Waals surface area contributed by atoms with Crippen LogP contribution in [0.4, 0.5) is 0 Å². The lowest BCUT2D eigenvalue weighted by Crippen LogP contribution is -2.28. The fourth-order valence-corrected chi connectivity index (χ4v) is 2.28. The highest BCUT2D eigenvalue weighted by Crippen LogP contribution is 2.32. The van der Waals surface area contributed by atoms with Gasteiger partial charge in [-0.1, -0.05) is 0 Å². The summed E-state index contributed by atoms with van der Waals surface area (Å²) in [5.41, 5.74) is 0.740. The van der Waals surface area contributed by atoms with Crippen LogP contribution < -0.4 is 14.8 Å². The molecule has 1 aliphatic heterocycles. The minimum absolute atomic E-state index is 0.446. The van der Waals surface area contributed by atoms with E-state index in [4.69, 9.17) is 13.9 Å². The van der Waals surface area contributed by atoms with Gasteiger partial charge in [0.05, 0.1) is 12.5 Å². The molecule has 4 heteroatoms. The summed E-state index contributed by atoms with van der Waals surface area (Å²) in [4.78, 5) is 0. The van der Waals surface area contributed by atoms with Gasteiger partial charge in [-0.3, -0.25) is 0 Å². The predicted octanol–water partition coefficient (Wildman–Crippen LogP) is 2.37. The van der Waals surface area contributed by atoms with Crippen LogP contribution in [-0.2, 0) is 0 Å². The van der Waals surface area contributed by atoms with Gasteiger partial charge in [0.15, 0.2) is 6.26 Å². The summed E-state index contributed by atoms with van der Waals surface area (Å²) in [6, 6.07) is 5.97. The molecule has 1 aliphatic rings. The zero-order valence-electron chi connectivity index (χ0n) is 10.4. The molecule has 3 rings (SSSR count). The lowest BCUT2D eigenvalue weighted by molar-refractivity contribution is 0.278. The normalized spacial score (nSPS) is 19.3. The molecule has 95 valence electrons. The minimum Gasteiger partial charge on any atom is -0.496 e. The summed E-state index contributed by atoms with van der Waals surface area (Å²) < 4.78 is 16.4. The van der Waals surface area contributed by atoms with E-state index < -0.39 is 0 Å². The zero-order valence-corrected chi connectivity index (χ0v) is 10.4. The molecule has 0 unspecified atom stereocenters. The van der Waals surface area contributed by atoms with E-state index in [9.17, 15) is 0 Å². The van der Waals surface area contributed by atoms with E-state index >= 15 is 0 Å². The Kier molecular flexibility index (Phi) is 3.11. The van der Waals surface area contributed by atoms with Crippen LogP contribution in [-0.4, -0.2) is 26.3 Å². The second-order valence-electron chi connectivity index (χ2n) is 4.51. The summed E-state index contributed by atoms with van der Waals surface area (Å²) in [6.07, 6.45) is 5.13. The number of ether oxygens (including phenoxy) is 2. The van der Waals surface area contributed by atoms with E-state index in [-0.39, 0.29) is 0 Å². The predicted molar refractivity (Wildman–Crippen MR) is 68.1 cm³/mol. The molecule has 0 amide bonds. The molecule has 1 saturated heterocycles. The van der Waals surface area contributed by atoms with Crippen molar-refractivity contribution in [3.8, 4) is 11.5 Å². The number of methoxy groups -OCH3 is 1. The van der Waals surface area contributed by atoms with Crippen LogP contribution >= 0.6 is 0 Å². The first-order valence-corrected chi connectivity index (χ1v) is 6.20. The van der Waals surface area contributed by atoms with E-state index in [0.29, 0.717) is 12.6 Å². The number of rotatable bonds is 4. The molecule has 1 fully saturated rings. The monoisotopic (exact) mass is 246 g/mol. The molecule has 1 aromatic carbocycles. The first kappa shape index (κ1) is 11.4. The SMILES string of the molecule is COc1cc(OC[C@@H]2CCCN2)c2c[c]oc2c1. The van der Waals surface area contributed by atoms with Gasteiger partial charge >= 0.3 is 0 Å². The standard InChI is InChI=1S/C14H16NO3/c1-16-11-7-13-12(4-6-17-13)14(8-11)18-9-10-3-2-5-15-10/h4,7-8,10,15H,2-3,5,9H2,1H3/t10-/m0/s1. The smallest absolute Gasteiger partial charge is 0.170 e. The second kappa shape index (κ2) is 4.90. The van der Waals surface area contributed by atoms with E-state index in [1.807, 2.05) is 12.1 Å². The van der Waals surface area contributed by atoms with Gasteiger partial charge in [-0.05, 0) is 25.5 Å². The molecule has 1 atom stereocenters. The van der Waals surface area contributed by atoms with Gasteiger partial charge in [-0.15, -0.1) is 0 Å². The fraction of sp³-hybridized carbons (Fsp3) is 0.429. The summed E-state index contributed by atoms with van der Waals surface area (Å²) in [5, 5.41) is 4.35. The van der Waals surface area contributed by atoms with Crippen LogP contribution in [0.3, 0.4) is 0 Å². The molecular formula is C14H16NO3. The average Bonchev–Trinajstić information content (AvgIpc) is 3.06. The lowest BCUT2D eigenvalue weighted by atomic mass is 10.2. The Bertz CT molecular complexity index is 529. The van der Waals surface area contributed by atoms with Crippen LogP contribution in [0.1, 0.15) is 12.8 Å². The van der Waals surface area contributed by atoms with Crippen molar-refractivity contribution in [2.75, 3.05) is 20.3 Å². The lowest BCUT2D eigenvalue weighted by Gasteiger charge is -2.13. The highest BCUT2D eigenvalue weighted by Gasteiger charge is 2.16. The Morgan fingerprint density at radius 1 is 1.50 bits per heavy atom. The fourth-order valence-electron chi connectivity index (χ4n) is 2.28. The van der Waals surface area contributed by atoms with Gasteiger partial charge in [0.1, 0.15) is 23.7 Å². The molecule has 2 aromatic rings. The van der Waals surface area contributed by atoms with E-state index in [0.717, 1.165) is 29.0 Å². The molecule has 2 heterocycles. The number of hydrogen-bond donors (Lipinski definition) is 1. The zero-order chi connectivity index (χ0) is 12.4. The summed E-state index contributed by atoms with van der Waals surface area (Å²) in [5.74, 6) is 1.53. The van der Waals surface area contributed by atoms with Gasteiger partial charge in [0.25, 0.3) is 0 Å². The largest absolute Gasteiger partial charge is 0.496 e. The molecule has 0 aliphatic carbocycles. The van der Waals surface area contributed by atoms with Crippen molar-refractivity contribution >= 4 is 11.0 Å². The van der Waals surface area contributed by atoms with Crippen molar-refractivity contribution in [3.05, 3.63) is 24.5 Å². The molecule has 4 nitrogen and oxygen atoms in total. The third-order valence-corrected chi connectivity index (χ3v) is 3.29. The Morgan fingerprint density at radius 2 is 2.44 bits per heavy atom. The molecule has 0 saturated carbocycles. The summed E-state index contributed by atoms with van der Waals surface area (Å²) >= 11 is 0. The summed E-state index contributed by atoms with van der Waals surface area (Å²) in [6.45, 7) is 1.76. The molecule has 1 radical (unpaired) electrons. The van der Waals surface area contributed by atoms with Gasteiger partial charge in [0, 0.05) is 18.2 Å². The van der Waals surface area contributed by atoms with E-state index in [1.165, 1.54) is 12.8 Å². The first-order chi connectivity index (χ1) is 8.86. The van der Waals surface area contributed by atoms with E-state index in [2.05, 4.69) is 11.6 Å². The molecule has 0 bridgehead atoms. The minimum atomic E-state index is 0.446. The molecule has 1 N–H and O–H groups in total. The Balaban J connectivity index is 1.82. The van der Waals surface area contributed by atoms with Crippen molar-refractivity contribution in [3.63, 3.8) is 0 Å². The van der Waals surface area contributed by atoms with Crippen molar-refractivity contribution in [1.82, 2.24) is 5.32 Å². The maximum Gasteiger partial charge on any atom is 0.170 e. The molecule has 0 spiro atoms. The highest BCUT2D eigenvalue weighted by atomic mass is 16.5. The summed E-state index contributed by atoms with van der Waals surface area (Å²) in [7, 11) is 1.64. The third-order valence-electron chi connectivity index (χ3n) is 3.29. The molecular weight excluding hydrogens is 230 g/mol. The van der Waals surface area contributed by atoms with Crippen molar-refractivity contribution in [2.24, 2.45) is 0 Å². The third kappa shape index (κ3) is 2.16. The van der Waals surface area contributed by atoms with Crippen LogP contribution in [0.25, 0.3) is 11.0 Å². The topological polar surface area (TPSA) is 43.6 Å². The van der Waals surface area contributed by atoms with Crippen molar-refractivity contribution < 1.29 is 13.9 Å². The van der Waals surface area contributed by atoms with Gasteiger partial charge < -0.3 is 19.2 Å². The number of fused-ring (bicyclic) bond motifs is 1. The number of benzene rings is 1. The van der Waals surface area contributed by atoms with Gasteiger partial charge in [0.2, 0.25) is 0 Å². The Morgan fingerprint density at radius 3 is 3.22 bits per heavy atom. The average molecular weight is 246 g/mol. The highest BCUT2D eigenvalue weighted by molar-refractivity contribution is 5.85. The Hall–Kier alpha value is -1.68. The van der Waals surface area contributed by atoms with Crippen LogP contribution in [0.5, 0.6) is 11.5 Å². The quantitative estimate of drug-likeness (QED) is 0.899. The number of nitrogens with one attached hydrogen (secondary N) is 1. The molecule has 18 heavy (non-hydrogen) atoms. The van der Waals surface area contributed by atoms with Crippen LogP contribution in [0.15, 0.2) is 22.6 Å². The second-order valence-corrected chi connectivity index (χ2v) is 4.51. The number of hydrogen-bond acceptors (Lipinski definition) is 4. The maximum atomic E-state index is 5.88. The Labute approximate surface area is 106 Å². The van der Waals surface area contributed by atoms with Crippen molar-refractivity contribution in [1.29, 1.82) is 0 Å². The van der Waals surface area contributed by atoms with Crippen LogP contribution in [0, 0.1) is 6.26 Å². The van der Waals surface area contributed by atoms with Crippen LogP contribution in [0.2, 0.25) is 0 Å². The van der Waals surface area contributed by atoms with Gasteiger partial charge in [-0.2, -0.15) is 0 Å². The number of furan rings is 1. The molecule has 1 aromatic heterocycles. The van der Waals surface area contributed by atoms with Crippen molar-refractivity contribution in [2.45, 2.75) is 18.9 Å². The maximum absolute atomic E-state index is 5.88. The van der Waals surface area contributed by atoms with E-state index in [1.54, 1.807) is 13.2 Å².